The van der Waals surface area contributed by atoms with Crippen molar-refractivity contribution in [1.29, 1.82) is 0 Å². The van der Waals surface area contributed by atoms with Crippen molar-refractivity contribution >= 4 is 22.9 Å². The lowest BCUT2D eigenvalue weighted by Crippen LogP contribution is -2.05. The highest BCUT2D eigenvalue weighted by Gasteiger charge is 2.12. The highest BCUT2D eigenvalue weighted by Crippen LogP contribution is 2.34. The standard InChI is InChI=1S/C13H13ClFNS/c1-2-10(16)12-7-6-11(17-12)8-4-3-5-9(14)13(8)15/h3-7,10H,2,16H2,1H3. The molecule has 0 radical (unpaired) electrons. The fraction of sp³-hybridized carbons (Fsp3) is 0.231. The van der Waals surface area contributed by atoms with E-state index in [9.17, 15) is 4.39 Å². The molecule has 1 unspecified atom stereocenters. The van der Waals surface area contributed by atoms with Crippen LogP contribution in [0.25, 0.3) is 10.4 Å². The van der Waals surface area contributed by atoms with Gasteiger partial charge in [-0.05, 0) is 24.6 Å². The molecule has 4 heteroatoms. The van der Waals surface area contributed by atoms with Crippen molar-refractivity contribution < 1.29 is 4.39 Å². The highest BCUT2D eigenvalue weighted by atomic mass is 35.5. The monoisotopic (exact) mass is 269 g/mol. The molecule has 1 heterocycles. The van der Waals surface area contributed by atoms with Crippen LogP contribution in [0.4, 0.5) is 4.39 Å². The lowest BCUT2D eigenvalue weighted by molar-refractivity contribution is 0.632. The molecule has 1 aromatic heterocycles. The topological polar surface area (TPSA) is 26.0 Å². The first-order valence-electron chi connectivity index (χ1n) is 5.43. The van der Waals surface area contributed by atoms with Crippen molar-refractivity contribution in [3.63, 3.8) is 0 Å². The Balaban J connectivity index is 2.40. The number of benzene rings is 1. The van der Waals surface area contributed by atoms with Crippen LogP contribution in [0, 0.1) is 5.82 Å². The molecule has 2 aromatic rings. The molecule has 17 heavy (non-hydrogen) atoms. The van der Waals surface area contributed by atoms with Gasteiger partial charge in [0.2, 0.25) is 0 Å². The summed E-state index contributed by atoms with van der Waals surface area (Å²) >= 11 is 7.28. The minimum atomic E-state index is -0.368. The summed E-state index contributed by atoms with van der Waals surface area (Å²) in [5.74, 6) is -0.368. The Kier molecular flexibility index (Phi) is 3.82. The fourth-order valence-electron chi connectivity index (χ4n) is 1.59. The second-order valence-electron chi connectivity index (χ2n) is 3.82. The average Bonchev–Trinajstić information content (AvgIpc) is 2.81. The number of halogens is 2. The van der Waals surface area contributed by atoms with Crippen molar-refractivity contribution in [2.75, 3.05) is 0 Å². The van der Waals surface area contributed by atoms with Gasteiger partial charge in [0.1, 0.15) is 5.82 Å². The van der Waals surface area contributed by atoms with E-state index in [1.807, 2.05) is 19.1 Å². The van der Waals surface area contributed by atoms with Crippen LogP contribution in [0.2, 0.25) is 5.02 Å². The summed E-state index contributed by atoms with van der Waals surface area (Å²) in [6, 6.07) is 8.90. The number of thiophene rings is 1. The van der Waals surface area contributed by atoms with Gasteiger partial charge in [0.05, 0.1) is 5.02 Å². The largest absolute Gasteiger partial charge is 0.323 e. The van der Waals surface area contributed by atoms with Crippen molar-refractivity contribution in [3.05, 3.63) is 46.0 Å². The molecule has 0 saturated carbocycles. The molecule has 2 N–H and O–H groups in total. The average molecular weight is 270 g/mol. The third kappa shape index (κ3) is 2.51. The van der Waals surface area contributed by atoms with Crippen LogP contribution < -0.4 is 5.73 Å². The van der Waals surface area contributed by atoms with Gasteiger partial charge in [0, 0.05) is 21.4 Å². The van der Waals surface area contributed by atoms with Crippen molar-refractivity contribution in [2.45, 2.75) is 19.4 Å². The zero-order valence-electron chi connectivity index (χ0n) is 9.41. The quantitative estimate of drug-likeness (QED) is 0.865. The second-order valence-corrected chi connectivity index (χ2v) is 5.34. The van der Waals surface area contributed by atoms with Crippen molar-refractivity contribution in [2.24, 2.45) is 5.73 Å². The molecule has 0 aliphatic rings. The molecule has 1 nitrogen and oxygen atoms in total. The van der Waals surface area contributed by atoms with Gasteiger partial charge in [-0.25, -0.2) is 4.39 Å². The van der Waals surface area contributed by atoms with Gasteiger partial charge in [-0.15, -0.1) is 11.3 Å². The van der Waals surface area contributed by atoms with E-state index in [-0.39, 0.29) is 16.9 Å². The van der Waals surface area contributed by atoms with E-state index in [4.69, 9.17) is 17.3 Å². The van der Waals surface area contributed by atoms with Gasteiger partial charge in [-0.2, -0.15) is 0 Å². The number of hydrogen-bond donors (Lipinski definition) is 1. The molecular formula is C13H13ClFNS. The van der Waals surface area contributed by atoms with Gasteiger partial charge in [0.25, 0.3) is 0 Å². The van der Waals surface area contributed by atoms with E-state index in [0.717, 1.165) is 16.2 Å². The Morgan fingerprint density at radius 2 is 2.12 bits per heavy atom. The van der Waals surface area contributed by atoms with Crippen LogP contribution in [0.5, 0.6) is 0 Å². The second kappa shape index (κ2) is 5.17. The van der Waals surface area contributed by atoms with Gasteiger partial charge in [-0.3, -0.25) is 0 Å². The van der Waals surface area contributed by atoms with E-state index in [0.29, 0.717) is 5.56 Å². The predicted molar refractivity (Wildman–Crippen MR) is 71.9 cm³/mol. The Hall–Kier alpha value is -0.900. The summed E-state index contributed by atoms with van der Waals surface area (Å²) in [6.07, 6.45) is 0.873. The first-order chi connectivity index (χ1) is 8.13. The third-order valence-electron chi connectivity index (χ3n) is 2.65. The molecular weight excluding hydrogens is 257 g/mol. The van der Waals surface area contributed by atoms with E-state index >= 15 is 0 Å². The number of rotatable bonds is 3. The number of nitrogens with two attached hydrogens (primary N) is 1. The summed E-state index contributed by atoms with van der Waals surface area (Å²) in [5.41, 5.74) is 6.48. The van der Waals surface area contributed by atoms with Gasteiger partial charge in [0.15, 0.2) is 0 Å². The molecule has 0 bridgehead atoms. The summed E-state index contributed by atoms with van der Waals surface area (Å²) < 4.78 is 13.8. The zero-order chi connectivity index (χ0) is 12.4. The first kappa shape index (κ1) is 12.6. The van der Waals surface area contributed by atoms with E-state index in [1.54, 1.807) is 18.2 Å². The summed E-state index contributed by atoms with van der Waals surface area (Å²) in [4.78, 5) is 1.94. The molecule has 0 spiro atoms. The van der Waals surface area contributed by atoms with Crippen LogP contribution >= 0.6 is 22.9 Å². The minimum absolute atomic E-state index is 0.0241. The van der Waals surface area contributed by atoms with Crippen molar-refractivity contribution in [1.82, 2.24) is 0 Å². The van der Waals surface area contributed by atoms with Crippen LogP contribution in [0.1, 0.15) is 24.3 Å². The van der Waals surface area contributed by atoms with Crippen LogP contribution in [-0.4, -0.2) is 0 Å². The normalized spacial score (nSPS) is 12.7. The molecule has 2 rings (SSSR count). The zero-order valence-corrected chi connectivity index (χ0v) is 11.0. The predicted octanol–water partition coefficient (Wildman–Crippen LogP) is 4.62. The van der Waals surface area contributed by atoms with Crippen LogP contribution in [0.3, 0.4) is 0 Å². The molecule has 1 aromatic carbocycles. The molecule has 0 aliphatic carbocycles. The molecule has 0 saturated heterocycles. The Morgan fingerprint density at radius 1 is 1.35 bits per heavy atom. The fourth-order valence-corrected chi connectivity index (χ4v) is 2.88. The molecule has 0 aliphatic heterocycles. The SMILES string of the molecule is CCC(N)c1ccc(-c2cccc(Cl)c2F)s1. The first-order valence-corrected chi connectivity index (χ1v) is 6.62. The third-order valence-corrected chi connectivity index (χ3v) is 4.19. The maximum Gasteiger partial charge on any atom is 0.150 e. The van der Waals surface area contributed by atoms with E-state index < -0.39 is 0 Å². The van der Waals surface area contributed by atoms with Gasteiger partial charge in [-0.1, -0.05) is 30.7 Å². The Morgan fingerprint density at radius 3 is 2.82 bits per heavy atom. The van der Waals surface area contributed by atoms with Gasteiger partial charge < -0.3 is 5.73 Å². The van der Waals surface area contributed by atoms with Crippen LogP contribution in [-0.2, 0) is 0 Å². The minimum Gasteiger partial charge on any atom is -0.323 e. The van der Waals surface area contributed by atoms with Gasteiger partial charge >= 0.3 is 0 Å². The molecule has 90 valence electrons. The lowest BCUT2D eigenvalue weighted by atomic mass is 10.1. The highest BCUT2D eigenvalue weighted by molar-refractivity contribution is 7.15. The Labute approximate surface area is 109 Å². The van der Waals surface area contributed by atoms with Crippen molar-refractivity contribution in [3.8, 4) is 10.4 Å². The maximum absolute atomic E-state index is 13.8. The lowest BCUT2D eigenvalue weighted by Gasteiger charge is -2.04. The molecule has 1 atom stereocenters. The van der Waals surface area contributed by atoms with E-state index in [1.165, 1.54) is 11.3 Å². The number of hydrogen-bond acceptors (Lipinski definition) is 2. The summed E-state index contributed by atoms with van der Waals surface area (Å²) in [5, 5.41) is 0.150. The van der Waals surface area contributed by atoms with Crippen LogP contribution in [0.15, 0.2) is 30.3 Å². The molecule has 0 amide bonds. The summed E-state index contributed by atoms with van der Waals surface area (Å²) in [7, 11) is 0. The van der Waals surface area contributed by atoms with E-state index in [2.05, 4.69) is 0 Å². The Bertz CT molecular complexity index is 524. The summed E-state index contributed by atoms with van der Waals surface area (Å²) in [6.45, 7) is 2.03. The smallest absolute Gasteiger partial charge is 0.150 e. The maximum atomic E-state index is 13.8. The molecule has 0 fully saturated rings.